The van der Waals surface area contributed by atoms with Gasteiger partial charge in [0.1, 0.15) is 0 Å². The van der Waals surface area contributed by atoms with Crippen LogP contribution in [-0.4, -0.2) is 13.0 Å². The molecular weight excluding hydrogens is 332 g/mol. The molecule has 0 spiro atoms. The number of hydrogen-bond acceptors (Lipinski definition) is 2. The van der Waals surface area contributed by atoms with Gasteiger partial charge in [-0.15, -0.1) is 0 Å². The van der Waals surface area contributed by atoms with E-state index in [0.29, 0.717) is 17.0 Å². The molecule has 1 aromatic rings. The van der Waals surface area contributed by atoms with Crippen LogP contribution < -0.4 is 0 Å². The normalized spacial score (nSPS) is 11.8. The van der Waals surface area contributed by atoms with Crippen LogP contribution in [0.2, 0.25) is 5.02 Å². The maximum absolute atomic E-state index is 11.4. The first kappa shape index (κ1) is 20.5. The lowest BCUT2D eigenvalue weighted by Crippen LogP contribution is -2.03. The van der Waals surface area contributed by atoms with Gasteiger partial charge in [-0.2, -0.15) is 8.42 Å². The molecule has 0 saturated carbocycles. The lowest BCUT2D eigenvalue weighted by atomic mass is 10.0. The molecule has 0 aromatic heterocycles. The lowest BCUT2D eigenvalue weighted by Gasteiger charge is -2.08. The quantitative estimate of drug-likeness (QED) is 0.364. The smallest absolute Gasteiger partial charge is 0.282 e. The summed E-state index contributed by atoms with van der Waals surface area (Å²) in [5.74, 6) is 0. The van der Waals surface area contributed by atoms with Crippen molar-refractivity contribution in [2.24, 2.45) is 0 Å². The largest absolute Gasteiger partial charge is 0.294 e. The highest BCUT2D eigenvalue weighted by molar-refractivity contribution is 7.85. The molecule has 0 amide bonds. The van der Waals surface area contributed by atoms with Crippen molar-refractivity contribution in [2.45, 2.75) is 82.4 Å². The SMILES string of the molecule is CCCCCCCCCCCCc1cc(Cl)ccc1S(=O)(=O)O. The fourth-order valence-electron chi connectivity index (χ4n) is 2.80. The van der Waals surface area contributed by atoms with Crippen LogP contribution in [0.1, 0.15) is 76.7 Å². The molecule has 0 aliphatic rings. The Bertz CT molecular complexity index is 555. The van der Waals surface area contributed by atoms with Crippen LogP contribution in [0.15, 0.2) is 23.1 Å². The number of halogens is 1. The highest BCUT2D eigenvalue weighted by atomic mass is 35.5. The maximum Gasteiger partial charge on any atom is 0.294 e. The fourth-order valence-corrected chi connectivity index (χ4v) is 3.72. The molecule has 0 radical (unpaired) electrons. The second kappa shape index (κ2) is 11.1. The molecule has 0 saturated heterocycles. The molecule has 0 aliphatic carbocycles. The standard InChI is InChI=1S/C18H29ClO3S/c1-2-3-4-5-6-7-8-9-10-11-12-16-15-17(19)13-14-18(16)23(20,21)22/h13-15H,2-12H2,1H3,(H,20,21,22). The second-order valence-electron chi connectivity index (χ2n) is 6.16. The molecule has 0 bridgehead atoms. The maximum atomic E-state index is 11.4. The van der Waals surface area contributed by atoms with Gasteiger partial charge in [-0.1, -0.05) is 76.3 Å². The first-order valence-electron chi connectivity index (χ1n) is 8.71. The van der Waals surface area contributed by atoms with Crippen LogP contribution in [0.3, 0.4) is 0 Å². The average molecular weight is 361 g/mol. The molecule has 0 heterocycles. The number of unbranched alkanes of at least 4 members (excludes halogenated alkanes) is 9. The van der Waals surface area contributed by atoms with E-state index in [1.807, 2.05) is 0 Å². The molecule has 1 aromatic carbocycles. The number of hydrogen-bond donors (Lipinski definition) is 1. The van der Waals surface area contributed by atoms with Crippen LogP contribution in [0.5, 0.6) is 0 Å². The van der Waals surface area contributed by atoms with E-state index in [2.05, 4.69) is 6.92 Å². The highest BCUT2D eigenvalue weighted by Gasteiger charge is 2.15. The molecule has 1 rings (SSSR count). The van der Waals surface area contributed by atoms with Crippen molar-refractivity contribution in [3.8, 4) is 0 Å². The van der Waals surface area contributed by atoms with Gasteiger partial charge in [-0.3, -0.25) is 4.55 Å². The van der Waals surface area contributed by atoms with Gasteiger partial charge in [-0.05, 0) is 36.6 Å². The Morgan fingerprint density at radius 3 is 1.96 bits per heavy atom. The van der Waals surface area contributed by atoms with E-state index < -0.39 is 10.1 Å². The van der Waals surface area contributed by atoms with Crippen molar-refractivity contribution in [1.29, 1.82) is 0 Å². The Hall–Kier alpha value is -0.580. The summed E-state index contributed by atoms with van der Waals surface area (Å²) in [6.07, 6.45) is 13.0. The van der Waals surface area contributed by atoms with Crippen molar-refractivity contribution in [1.82, 2.24) is 0 Å². The zero-order chi connectivity index (χ0) is 17.1. The lowest BCUT2D eigenvalue weighted by molar-refractivity contribution is 0.481. The Balaban J connectivity index is 2.25. The summed E-state index contributed by atoms with van der Waals surface area (Å²) in [6, 6.07) is 4.51. The Labute approximate surface area is 146 Å². The number of aryl methyl sites for hydroxylation is 1. The van der Waals surface area contributed by atoms with Gasteiger partial charge < -0.3 is 0 Å². The second-order valence-corrected chi connectivity index (χ2v) is 7.99. The third-order valence-corrected chi connectivity index (χ3v) is 5.29. The van der Waals surface area contributed by atoms with E-state index in [4.69, 9.17) is 11.6 Å². The topological polar surface area (TPSA) is 54.4 Å². The molecule has 23 heavy (non-hydrogen) atoms. The van der Waals surface area contributed by atoms with Crippen molar-refractivity contribution >= 4 is 21.7 Å². The van der Waals surface area contributed by atoms with E-state index in [1.165, 1.54) is 63.5 Å². The third kappa shape index (κ3) is 8.73. The first-order valence-corrected chi connectivity index (χ1v) is 10.5. The minimum absolute atomic E-state index is 0.0159. The van der Waals surface area contributed by atoms with Crippen LogP contribution >= 0.6 is 11.6 Å². The van der Waals surface area contributed by atoms with Gasteiger partial charge in [0.05, 0.1) is 4.90 Å². The molecule has 132 valence electrons. The summed E-state index contributed by atoms with van der Waals surface area (Å²) in [7, 11) is -4.17. The van der Waals surface area contributed by atoms with E-state index in [9.17, 15) is 13.0 Å². The van der Waals surface area contributed by atoms with Crippen molar-refractivity contribution in [3.63, 3.8) is 0 Å². The Morgan fingerprint density at radius 1 is 0.913 bits per heavy atom. The van der Waals surface area contributed by atoms with Crippen LogP contribution in [0.4, 0.5) is 0 Å². The molecule has 0 atom stereocenters. The molecule has 0 unspecified atom stereocenters. The van der Waals surface area contributed by atoms with Crippen molar-refractivity contribution in [2.75, 3.05) is 0 Å². The summed E-state index contributed by atoms with van der Waals surface area (Å²) < 4.78 is 32.0. The Morgan fingerprint density at radius 2 is 1.43 bits per heavy atom. The van der Waals surface area contributed by atoms with E-state index in [1.54, 1.807) is 6.07 Å². The summed E-state index contributed by atoms with van der Waals surface area (Å²) in [5.41, 5.74) is 0.611. The molecule has 5 heteroatoms. The molecule has 1 N–H and O–H groups in total. The number of benzene rings is 1. The number of rotatable bonds is 12. The third-order valence-electron chi connectivity index (χ3n) is 4.10. The predicted molar refractivity (Wildman–Crippen MR) is 96.8 cm³/mol. The summed E-state index contributed by atoms with van der Waals surface area (Å²) in [6.45, 7) is 2.23. The minimum atomic E-state index is -4.17. The minimum Gasteiger partial charge on any atom is -0.282 e. The van der Waals surface area contributed by atoms with Crippen LogP contribution in [-0.2, 0) is 16.5 Å². The van der Waals surface area contributed by atoms with Gasteiger partial charge in [0.2, 0.25) is 0 Å². The van der Waals surface area contributed by atoms with Gasteiger partial charge in [0.25, 0.3) is 10.1 Å². The fraction of sp³-hybridized carbons (Fsp3) is 0.667. The highest BCUT2D eigenvalue weighted by Crippen LogP contribution is 2.22. The van der Waals surface area contributed by atoms with Gasteiger partial charge in [0, 0.05) is 5.02 Å². The average Bonchev–Trinajstić information content (AvgIpc) is 2.48. The van der Waals surface area contributed by atoms with Gasteiger partial charge in [-0.25, -0.2) is 0 Å². The van der Waals surface area contributed by atoms with Gasteiger partial charge >= 0.3 is 0 Å². The van der Waals surface area contributed by atoms with Crippen LogP contribution in [0, 0.1) is 0 Å². The molecule has 0 fully saturated rings. The van der Waals surface area contributed by atoms with E-state index in [-0.39, 0.29) is 4.90 Å². The first-order chi connectivity index (χ1) is 10.9. The zero-order valence-electron chi connectivity index (χ0n) is 14.1. The summed E-state index contributed by atoms with van der Waals surface area (Å²) >= 11 is 5.92. The van der Waals surface area contributed by atoms with Crippen molar-refractivity contribution in [3.05, 3.63) is 28.8 Å². The Kier molecular flexibility index (Phi) is 9.84. The molecular formula is C18H29ClO3S. The summed E-state index contributed by atoms with van der Waals surface area (Å²) in [4.78, 5) is -0.0159. The van der Waals surface area contributed by atoms with Crippen LogP contribution in [0.25, 0.3) is 0 Å². The summed E-state index contributed by atoms with van der Waals surface area (Å²) in [5, 5.41) is 0.500. The zero-order valence-corrected chi connectivity index (χ0v) is 15.6. The van der Waals surface area contributed by atoms with E-state index >= 15 is 0 Å². The monoisotopic (exact) mass is 360 g/mol. The van der Waals surface area contributed by atoms with E-state index in [0.717, 1.165) is 12.8 Å². The van der Waals surface area contributed by atoms with Gasteiger partial charge in [0.15, 0.2) is 0 Å². The van der Waals surface area contributed by atoms with Crippen molar-refractivity contribution < 1.29 is 13.0 Å². The molecule has 3 nitrogen and oxygen atoms in total. The predicted octanol–water partition coefficient (Wildman–Crippen LogP) is 6.05. The molecule has 0 aliphatic heterocycles.